The summed E-state index contributed by atoms with van der Waals surface area (Å²) < 4.78 is 6.51. The van der Waals surface area contributed by atoms with Crippen molar-refractivity contribution >= 4 is 45.2 Å². The van der Waals surface area contributed by atoms with E-state index in [9.17, 15) is 0 Å². The number of likely N-dealkylation sites (N-methyl/N-ethyl adjacent to an activating group) is 1. The molecule has 0 saturated carbocycles. The molecule has 2 saturated heterocycles. The predicted octanol–water partition coefficient (Wildman–Crippen LogP) is 4.70. The lowest BCUT2D eigenvalue weighted by molar-refractivity contribution is 0.245. The fourth-order valence-electron chi connectivity index (χ4n) is 5.06. The number of rotatable bonds is 5. The van der Waals surface area contributed by atoms with Crippen LogP contribution in [0, 0.1) is 13.8 Å². The van der Waals surface area contributed by atoms with Crippen LogP contribution in [0.15, 0.2) is 18.3 Å². The van der Waals surface area contributed by atoms with Gasteiger partial charge in [-0.2, -0.15) is 10.1 Å². The number of pyridine rings is 1. The van der Waals surface area contributed by atoms with E-state index in [-0.39, 0.29) is 0 Å². The third-order valence-corrected chi connectivity index (χ3v) is 7.77. The number of aromatic amines is 1. The number of H-pyrrole nitrogens is 1. The monoisotopic (exact) mass is 506 g/mol. The number of aryl methyl sites for hydroxylation is 2. The summed E-state index contributed by atoms with van der Waals surface area (Å²) in [5, 5.41) is 9.52. The molecule has 0 unspecified atom stereocenters. The predicted molar refractivity (Wildman–Crippen MR) is 144 cm³/mol. The van der Waals surface area contributed by atoms with Crippen LogP contribution in [0.5, 0.6) is 11.6 Å². The number of fused-ring (bicyclic) bond motifs is 2. The summed E-state index contributed by atoms with van der Waals surface area (Å²) in [5.41, 5.74) is 3.31. The molecule has 2 fully saturated rings. The van der Waals surface area contributed by atoms with Gasteiger partial charge < -0.3 is 19.4 Å². The van der Waals surface area contributed by atoms with E-state index in [1.165, 1.54) is 6.42 Å². The fourth-order valence-corrected chi connectivity index (χ4v) is 5.26. The van der Waals surface area contributed by atoms with Crippen LogP contribution in [0.2, 0.25) is 5.02 Å². The maximum Gasteiger partial charge on any atom is 0.246 e. The Morgan fingerprint density at radius 2 is 1.78 bits per heavy atom. The average Bonchev–Trinajstić information content (AvgIpc) is 3.29. The van der Waals surface area contributed by atoms with E-state index in [1.807, 2.05) is 19.9 Å². The number of nitrogens with one attached hydrogen (secondary N) is 1. The van der Waals surface area contributed by atoms with Gasteiger partial charge in [-0.1, -0.05) is 11.6 Å². The molecule has 0 atom stereocenters. The van der Waals surface area contributed by atoms with Crippen LogP contribution in [0.4, 0.5) is 11.8 Å². The maximum atomic E-state index is 6.73. The summed E-state index contributed by atoms with van der Waals surface area (Å²) in [6.07, 6.45) is 5.32. The molecule has 0 amide bonds. The third-order valence-electron chi connectivity index (χ3n) is 7.30. The van der Waals surface area contributed by atoms with E-state index in [1.54, 1.807) is 6.20 Å². The Bertz CT molecular complexity index is 1440. The number of piperidine rings is 1. The van der Waals surface area contributed by atoms with Gasteiger partial charge in [-0.25, -0.2) is 9.97 Å². The van der Waals surface area contributed by atoms with Crippen molar-refractivity contribution in [1.29, 1.82) is 0 Å². The van der Waals surface area contributed by atoms with Gasteiger partial charge in [0.1, 0.15) is 11.3 Å². The zero-order valence-corrected chi connectivity index (χ0v) is 21.9. The highest BCUT2D eigenvalue weighted by molar-refractivity contribution is 6.34. The summed E-state index contributed by atoms with van der Waals surface area (Å²) in [6.45, 7) is 7.70. The van der Waals surface area contributed by atoms with Crippen LogP contribution in [0.3, 0.4) is 0 Å². The number of hydrogen-bond donors (Lipinski definition) is 1. The first-order valence-electron chi connectivity index (χ1n) is 12.5. The normalized spacial score (nSPS) is 16.8. The van der Waals surface area contributed by atoms with Gasteiger partial charge >= 0.3 is 0 Å². The Labute approximate surface area is 215 Å². The SMILES string of the molecule is Cc1cc2c(N3CCCCC3)nc(N3CC(N(C)C)C3)nc2c(Oc2c(Cl)c(C)cc3[nH]ncc23)n1. The number of aromatic nitrogens is 5. The molecule has 0 spiro atoms. The molecule has 1 aromatic carbocycles. The molecule has 10 heteroatoms. The van der Waals surface area contributed by atoms with Crippen molar-refractivity contribution in [2.75, 3.05) is 50.1 Å². The zero-order chi connectivity index (χ0) is 25.0. The average molecular weight is 507 g/mol. The lowest BCUT2D eigenvalue weighted by Gasteiger charge is -2.43. The lowest BCUT2D eigenvalue weighted by Crippen LogP contribution is -2.58. The molecule has 0 radical (unpaired) electrons. The minimum absolute atomic E-state index is 0.437. The molecule has 36 heavy (non-hydrogen) atoms. The first kappa shape index (κ1) is 23.2. The van der Waals surface area contributed by atoms with E-state index >= 15 is 0 Å². The number of benzene rings is 1. The van der Waals surface area contributed by atoms with E-state index in [2.05, 4.69) is 45.1 Å². The van der Waals surface area contributed by atoms with Crippen molar-refractivity contribution < 1.29 is 4.74 Å². The summed E-state index contributed by atoms with van der Waals surface area (Å²) >= 11 is 6.73. The molecule has 9 nitrogen and oxygen atoms in total. The van der Waals surface area contributed by atoms with Gasteiger partial charge in [-0.15, -0.1) is 0 Å². The molecule has 6 rings (SSSR count). The highest BCUT2D eigenvalue weighted by Crippen LogP contribution is 2.41. The number of hydrogen-bond acceptors (Lipinski definition) is 8. The Hall–Kier alpha value is -3.17. The van der Waals surface area contributed by atoms with Crippen molar-refractivity contribution in [3.63, 3.8) is 0 Å². The molecule has 2 aliphatic rings. The molecule has 0 aliphatic carbocycles. The lowest BCUT2D eigenvalue weighted by atomic mass is 10.1. The van der Waals surface area contributed by atoms with Crippen molar-refractivity contribution in [3.8, 4) is 11.6 Å². The van der Waals surface area contributed by atoms with E-state index in [0.29, 0.717) is 28.2 Å². The second-order valence-corrected chi connectivity index (χ2v) is 10.5. The van der Waals surface area contributed by atoms with Gasteiger partial charge in [0.05, 0.1) is 27.5 Å². The summed E-state index contributed by atoms with van der Waals surface area (Å²) in [7, 11) is 4.23. The van der Waals surface area contributed by atoms with E-state index in [4.69, 9.17) is 31.3 Å². The van der Waals surface area contributed by atoms with Crippen molar-refractivity contribution in [2.24, 2.45) is 0 Å². The Morgan fingerprint density at radius 3 is 2.53 bits per heavy atom. The molecule has 2 aliphatic heterocycles. The van der Waals surface area contributed by atoms with Gasteiger partial charge in [0.2, 0.25) is 11.8 Å². The highest BCUT2D eigenvalue weighted by atomic mass is 35.5. The van der Waals surface area contributed by atoms with Crippen LogP contribution >= 0.6 is 11.6 Å². The topological polar surface area (TPSA) is 86.3 Å². The van der Waals surface area contributed by atoms with Crippen LogP contribution < -0.4 is 14.5 Å². The Morgan fingerprint density at radius 1 is 1.00 bits per heavy atom. The van der Waals surface area contributed by atoms with E-state index in [0.717, 1.165) is 78.3 Å². The van der Waals surface area contributed by atoms with Crippen LogP contribution in [-0.4, -0.2) is 76.4 Å². The molecule has 4 aromatic rings. The zero-order valence-electron chi connectivity index (χ0n) is 21.2. The van der Waals surface area contributed by atoms with Crippen LogP contribution in [0.25, 0.3) is 21.8 Å². The second-order valence-electron chi connectivity index (χ2n) is 10.2. The standard InChI is InChI=1S/C26H31ClN8O/c1-15-10-20-19(12-28-32-20)23(21(15)27)36-25-22-18(11-16(2)29-25)24(34-8-6-5-7-9-34)31-26(30-22)35-13-17(14-35)33(3)4/h10-12,17H,5-9,13-14H2,1-4H3,(H,28,32). The fraction of sp³-hybridized carbons (Fsp3) is 0.462. The second kappa shape index (κ2) is 9.05. The summed E-state index contributed by atoms with van der Waals surface area (Å²) in [6, 6.07) is 4.54. The molecule has 1 N–H and O–H groups in total. The number of anilines is 2. The number of ether oxygens (including phenoxy) is 1. The van der Waals surface area contributed by atoms with Gasteiger partial charge in [0, 0.05) is 37.9 Å². The third kappa shape index (κ3) is 4.00. The molecule has 188 valence electrons. The largest absolute Gasteiger partial charge is 0.435 e. The van der Waals surface area contributed by atoms with Crippen LogP contribution in [0.1, 0.15) is 30.5 Å². The van der Waals surface area contributed by atoms with Crippen molar-refractivity contribution in [2.45, 2.75) is 39.2 Å². The van der Waals surface area contributed by atoms with Gasteiger partial charge in [-0.3, -0.25) is 5.10 Å². The Balaban J connectivity index is 1.51. The number of halogens is 1. The quantitative estimate of drug-likeness (QED) is 0.416. The van der Waals surface area contributed by atoms with Gasteiger partial charge in [0.15, 0.2) is 5.75 Å². The smallest absolute Gasteiger partial charge is 0.246 e. The van der Waals surface area contributed by atoms with Crippen LogP contribution in [-0.2, 0) is 0 Å². The first-order chi connectivity index (χ1) is 17.4. The summed E-state index contributed by atoms with van der Waals surface area (Å²) in [4.78, 5) is 21.8. The molecular formula is C26H31ClN8O. The Kier molecular flexibility index (Phi) is 5.84. The molecule has 3 aromatic heterocycles. The first-order valence-corrected chi connectivity index (χ1v) is 12.9. The molecular weight excluding hydrogens is 476 g/mol. The number of nitrogens with zero attached hydrogens (tertiary/aromatic N) is 7. The van der Waals surface area contributed by atoms with Crippen molar-refractivity contribution in [3.05, 3.63) is 34.6 Å². The summed E-state index contributed by atoms with van der Waals surface area (Å²) in [5.74, 6) is 2.66. The maximum absolute atomic E-state index is 6.73. The van der Waals surface area contributed by atoms with Crippen molar-refractivity contribution in [1.82, 2.24) is 30.0 Å². The highest BCUT2D eigenvalue weighted by Gasteiger charge is 2.32. The van der Waals surface area contributed by atoms with Gasteiger partial charge in [0.25, 0.3) is 0 Å². The minimum atomic E-state index is 0.437. The molecule has 5 heterocycles. The molecule has 0 bridgehead atoms. The minimum Gasteiger partial charge on any atom is -0.435 e. The van der Waals surface area contributed by atoms with Gasteiger partial charge in [-0.05, 0) is 64.9 Å². The van der Waals surface area contributed by atoms with E-state index < -0.39 is 0 Å².